The van der Waals surface area contributed by atoms with Crippen LogP contribution in [-0.4, -0.2) is 14.9 Å². The second-order valence-corrected chi connectivity index (χ2v) is 4.76. The Labute approximate surface area is 111 Å². The third-order valence-corrected chi connectivity index (χ3v) is 3.42. The number of aromatic nitrogens is 2. The molecule has 2 unspecified atom stereocenters. The summed E-state index contributed by atoms with van der Waals surface area (Å²) in [6.45, 7) is 4.23. The molecule has 0 aromatic carbocycles. The first-order chi connectivity index (χ1) is 8.61. The summed E-state index contributed by atoms with van der Waals surface area (Å²) < 4.78 is 6.88. The van der Waals surface area contributed by atoms with Crippen molar-refractivity contribution in [3.8, 4) is 0 Å². The zero-order valence-electron chi connectivity index (χ0n) is 10.5. The predicted octanol–water partition coefficient (Wildman–Crippen LogP) is 3.38. The standard InChI is InChI=1S/C13H17ClN2O2/c1-3-9(2)16-6-4-10(15-16)8-12(17)11-5-7-18-13(11)14/h4-7,9,12,17H,3,8H2,1-2H3. The van der Waals surface area contributed by atoms with Gasteiger partial charge in [0.25, 0.3) is 0 Å². The van der Waals surface area contributed by atoms with Crippen molar-refractivity contribution < 1.29 is 9.52 Å². The van der Waals surface area contributed by atoms with Crippen molar-refractivity contribution in [2.24, 2.45) is 0 Å². The van der Waals surface area contributed by atoms with Gasteiger partial charge in [-0.05, 0) is 37.1 Å². The van der Waals surface area contributed by atoms with Crippen LogP contribution in [0.1, 0.15) is 43.7 Å². The van der Waals surface area contributed by atoms with E-state index in [0.29, 0.717) is 18.0 Å². The molecule has 2 aromatic heterocycles. The van der Waals surface area contributed by atoms with Gasteiger partial charge < -0.3 is 9.52 Å². The highest BCUT2D eigenvalue weighted by atomic mass is 35.5. The molecule has 98 valence electrons. The lowest BCUT2D eigenvalue weighted by molar-refractivity contribution is 0.176. The molecule has 18 heavy (non-hydrogen) atoms. The topological polar surface area (TPSA) is 51.2 Å². The van der Waals surface area contributed by atoms with Gasteiger partial charge in [-0.1, -0.05) is 6.92 Å². The third-order valence-electron chi connectivity index (χ3n) is 3.11. The van der Waals surface area contributed by atoms with E-state index in [1.54, 1.807) is 6.07 Å². The van der Waals surface area contributed by atoms with Crippen LogP contribution in [0.25, 0.3) is 0 Å². The molecule has 0 aliphatic rings. The van der Waals surface area contributed by atoms with Crippen LogP contribution in [0, 0.1) is 0 Å². The van der Waals surface area contributed by atoms with Crippen LogP contribution in [0.5, 0.6) is 0 Å². The van der Waals surface area contributed by atoms with Gasteiger partial charge in [-0.3, -0.25) is 4.68 Å². The fraction of sp³-hybridized carbons (Fsp3) is 0.462. The Bertz CT molecular complexity index is 507. The lowest BCUT2D eigenvalue weighted by atomic mass is 10.1. The SMILES string of the molecule is CCC(C)n1ccc(CC(O)c2ccoc2Cl)n1. The average Bonchev–Trinajstić information content (AvgIpc) is 2.97. The molecule has 0 amide bonds. The first kappa shape index (κ1) is 13.2. The Balaban J connectivity index is 2.06. The number of aliphatic hydroxyl groups excluding tert-OH is 1. The fourth-order valence-electron chi connectivity index (χ4n) is 1.77. The maximum atomic E-state index is 10.1. The van der Waals surface area contributed by atoms with Gasteiger partial charge in [-0.2, -0.15) is 5.10 Å². The first-order valence-electron chi connectivity index (χ1n) is 6.06. The second kappa shape index (κ2) is 5.59. The molecule has 0 radical (unpaired) electrons. The minimum Gasteiger partial charge on any atom is -0.453 e. The first-order valence-corrected chi connectivity index (χ1v) is 6.44. The molecule has 0 aliphatic heterocycles. The van der Waals surface area contributed by atoms with Crippen LogP contribution >= 0.6 is 11.6 Å². The smallest absolute Gasteiger partial charge is 0.198 e. The lowest BCUT2D eigenvalue weighted by Gasteiger charge is -2.09. The van der Waals surface area contributed by atoms with Crippen LogP contribution in [0.2, 0.25) is 5.22 Å². The number of aliphatic hydroxyl groups is 1. The van der Waals surface area contributed by atoms with E-state index in [4.69, 9.17) is 16.0 Å². The summed E-state index contributed by atoms with van der Waals surface area (Å²) in [5.74, 6) is 0. The summed E-state index contributed by atoms with van der Waals surface area (Å²) in [4.78, 5) is 0. The lowest BCUT2D eigenvalue weighted by Crippen LogP contribution is -2.06. The van der Waals surface area contributed by atoms with Crippen LogP contribution in [0.4, 0.5) is 0 Å². The van der Waals surface area contributed by atoms with Gasteiger partial charge in [0.2, 0.25) is 0 Å². The summed E-state index contributed by atoms with van der Waals surface area (Å²) in [6.07, 6.45) is 4.18. The fourth-order valence-corrected chi connectivity index (χ4v) is 2.01. The van der Waals surface area contributed by atoms with E-state index in [0.717, 1.165) is 12.1 Å². The molecule has 0 spiro atoms. The average molecular weight is 269 g/mol. The minimum atomic E-state index is -0.684. The van der Waals surface area contributed by atoms with Gasteiger partial charge >= 0.3 is 0 Å². The number of hydrogen-bond acceptors (Lipinski definition) is 3. The Kier molecular flexibility index (Phi) is 4.09. The largest absolute Gasteiger partial charge is 0.453 e. The normalized spacial score (nSPS) is 14.7. The highest BCUT2D eigenvalue weighted by molar-refractivity contribution is 6.29. The molecule has 1 N–H and O–H groups in total. The number of rotatable bonds is 5. The number of halogens is 1. The van der Waals surface area contributed by atoms with Crippen molar-refractivity contribution in [3.05, 3.63) is 41.1 Å². The Morgan fingerprint density at radius 2 is 2.28 bits per heavy atom. The minimum absolute atomic E-state index is 0.240. The molecule has 2 atom stereocenters. The zero-order valence-corrected chi connectivity index (χ0v) is 11.3. The van der Waals surface area contributed by atoms with Crippen LogP contribution in [0.15, 0.2) is 29.0 Å². The molecule has 2 aromatic rings. The molecule has 0 saturated carbocycles. The molecule has 0 aliphatic carbocycles. The van der Waals surface area contributed by atoms with E-state index < -0.39 is 6.10 Å². The zero-order chi connectivity index (χ0) is 13.1. The molecule has 0 fully saturated rings. The highest BCUT2D eigenvalue weighted by Crippen LogP contribution is 2.26. The molecule has 0 saturated heterocycles. The molecule has 5 heteroatoms. The van der Waals surface area contributed by atoms with E-state index in [2.05, 4.69) is 18.9 Å². The quantitative estimate of drug-likeness (QED) is 0.904. The van der Waals surface area contributed by atoms with Gasteiger partial charge in [-0.25, -0.2) is 0 Å². The highest BCUT2D eigenvalue weighted by Gasteiger charge is 2.16. The molecule has 2 heterocycles. The predicted molar refractivity (Wildman–Crippen MR) is 69.6 cm³/mol. The van der Waals surface area contributed by atoms with Crippen LogP contribution in [0.3, 0.4) is 0 Å². The van der Waals surface area contributed by atoms with Crippen molar-refractivity contribution >= 4 is 11.6 Å². The number of furan rings is 1. The van der Waals surface area contributed by atoms with Gasteiger partial charge in [0.1, 0.15) is 0 Å². The summed E-state index contributed by atoms with van der Waals surface area (Å²) in [7, 11) is 0. The van der Waals surface area contributed by atoms with Crippen molar-refractivity contribution in [2.45, 2.75) is 38.8 Å². The van der Waals surface area contributed by atoms with Crippen molar-refractivity contribution in [3.63, 3.8) is 0 Å². The van der Waals surface area contributed by atoms with Crippen LogP contribution in [-0.2, 0) is 6.42 Å². The van der Waals surface area contributed by atoms with Crippen molar-refractivity contribution in [1.82, 2.24) is 9.78 Å². The van der Waals surface area contributed by atoms with Gasteiger partial charge in [0, 0.05) is 24.2 Å². The number of hydrogen-bond donors (Lipinski definition) is 1. The van der Waals surface area contributed by atoms with Crippen molar-refractivity contribution in [2.75, 3.05) is 0 Å². The molecule has 2 rings (SSSR count). The van der Waals surface area contributed by atoms with E-state index in [-0.39, 0.29) is 5.22 Å². The maximum absolute atomic E-state index is 10.1. The van der Waals surface area contributed by atoms with Crippen LogP contribution < -0.4 is 0 Å². The Hall–Kier alpha value is -1.26. The summed E-state index contributed by atoms with van der Waals surface area (Å²) in [5.41, 5.74) is 1.45. The van der Waals surface area contributed by atoms with E-state index in [9.17, 15) is 5.11 Å². The number of nitrogens with zero attached hydrogens (tertiary/aromatic N) is 2. The van der Waals surface area contributed by atoms with E-state index in [1.807, 2.05) is 16.9 Å². The van der Waals surface area contributed by atoms with Gasteiger partial charge in [0.15, 0.2) is 5.22 Å². The second-order valence-electron chi connectivity index (χ2n) is 4.41. The summed E-state index contributed by atoms with van der Waals surface area (Å²) in [6, 6.07) is 3.97. The summed E-state index contributed by atoms with van der Waals surface area (Å²) in [5, 5.41) is 14.7. The molecule has 4 nitrogen and oxygen atoms in total. The van der Waals surface area contributed by atoms with Gasteiger partial charge in [0.05, 0.1) is 18.1 Å². The molecule has 0 bridgehead atoms. The Morgan fingerprint density at radius 3 is 2.89 bits per heavy atom. The third kappa shape index (κ3) is 2.76. The monoisotopic (exact) mass is 268 g/mol. The van der Waals surface area contributed by atoms with Crippen molar-refractivity contribution in [1.29, 1.82) is 0 Å². The van der Waals surface area contributed by atoms with Gasteiger partial charge in [-0.15, -0.1) is 0 Å². The Morgan fingerprint density at radius 1 is 1.50 bits per heavy atom. The maximum Gasteiger partial charge on any atom is 0.198 e. The molecular weight excluding hydrogens is 252 g/mol. The van der Waals surface area contributed by atoms with E-state index in [1.165, 1.54) is 6.26 Å². The van der Waals surface area contributed by atoms with E-state index >= 15 is 0 Å². The summed E-state index contributed by atoms with van der Waals surface area (Å²) >= 11 is 5.83. The molecular formula is C13H17ClN2O2.